The highest BCUT2D eigenvalue weighted by atomic mass is 32.1. The Kier molecular flexibility index (Phi) is 5.09. The first-order chi connectivity index (χ1) is 12.7. The Bertz CT molecular complexity index is 876. The number of aryl methyl sites for hydroxylation is 1. The van der Waals surface area contributed by atoms with E-state index in [4.69, 9.17) is 0 Å². The lowest BCUT2D eigenvalue weighted by molar-refractivity contribution is 0.0936. The molecular weight excluding hydrogens is 342 g/mol. The molecule has 2 aromatic heterocycles. The molecule has 1 amide bonds. The lowest BCUT2D eigenvalue weighted by atomic mass is 9.96. The zero-order valence-electron chi connectivity index (χ0n) is 15.1. The Morgan fingerprint density at radius 2 is 2.04 bits per heavy atom. The Morgan fingerprint density at radius 3 is 2.81 bits per heavy atom. The number of fused-ring (bicyclic) bond motifs is 1. The summed E-state index contributed by atoms with van der Waals surface area (Å²) in [5.74, 6) is 0.616. The molecule has 0 radical (unpaired) electrons. The van der Waals surface area contributed by atoms with E-state index in [9.17, 15) is 4.79 Å². The van der Waals surface area contributed by atoms with E-state index in [1.165, 1.54) is 4.88 Å². The second-order valence-electron chi connectivity index (χ2n) is 7.18. The van der Waals surface area contributed by atoms with Crippen molar-refractivity contribution in [1.82, 2.24) is 15.2 Å². The van der Waals surface area contributed by atoms with E-state index in [1.807, 2.05) is 42.5 Å². The number of nitrogens with one attached hydrogen (secondary N) is 2. The van der Waals surface area contributed by atoms with Crippen LogP contribution in [0, 0.1) is 12.8 Å². The third-order valence-electron chi connectivity index (χ3n) is 5.34. The number of carbonyl (C=O) groups excluding carboxylic acids is 1. The molecule has 1 aromatic carbocycles. The van der Waals surface area contributed by atoms with Crippen LogP contribution in [0.15, 0.2) is 41.8 Å². The van der Waals surface area contributed by atoms with E-state index in [1.54, 1.807) is 0 Å². The standard InChI is InChI=1S/C21H25N3OS/c1-15-20(18-6-2-3-7-19(18)23-15)21(25)22-13-16-8-10-24(11-9-16)14-17-5-4-12-26-17/h2-7,12,16,23H,8-11,13-14H2,1H3,(H,22,25). The van der Waals surface area contributed by atoms with Crippen molar-refractivity contribution >= 4 is 28.1 Å². The molecule has 4 rings (SSSR count). The molecule has 1 fully saturated rings. The molecule has 0 spiro atoms. The molecule has 5 heteroatoms. The van der Waals surface area contributed by atoms with Crippen LogP contribution in [-0.4, -0.2) is 35.4 Å². The number of carbonyl (C=O) groups is 1. The number of hydrogen-bond acceptors (Lipinski definition) is 3. The van der Waals surface area contributed by atoms with Crippen LogP contribution >= 0.6 is 11.3 Å². The van der Waals surface area contributed by atoms with Crippen LogP contribution in [0.3, 0.4) is 0 Å². The largest absolute Gasteiger partial charge is 0.358 e. The van der Waals surface area contributed by atoms with Crippen molar-refractivity contribution in [3.63, 3.8) is 0 Å². The van der Waals surface area contributed by atoms with E-state index in [-0.39, 0.29) is 5.91 Å². The first-order valence-electron chi connectivity index (χ1n) is 9.31. The highest BCUT2D eigenvalue weighted by Crippen LogP contribution is 2.23. The summed E-state index contributed by atoms with van der Waals surface area (Å²) in [6, 6.07) is 12.3. The highest BCUT2D eigenvalue weighted by Gasteiger charge is 2.21. The topological polar surface area (TPSA) is 48.1 Å². The number of amides is 1. The predicted molar refractivity (Wildman–Crippen MR) is 108 cm³/mol. The van der Waals surface area contributed by atoms with Gasteiger partial charge in [0.15, 0.2) is 0 Å². The molecule has 1 aliphatic heterocycles. The Morgan fingerprint density at radius 1 is 1.23 bits per heavy atom. The van der Waals surface area contributed by atoms with E-state index >= 15 is 0 Å². The summed E-state index contributed by atoms with van der Waals surface area (Å²) in [7, 11) is 0. The maximum atomic E-state index is 12.7. The molecule has 0 saturated carbocycles. The van der Waals surface area contributed by atoms with Gasteiger partial charge in [-0.05, 0) is 56.3 Å². The van der Waals surface area contributed by atoms with Gasteiger partial charge in [-0.2, -0.15) is 0 Å². The molecule has 1 aliphatic rings. The van der Waals surface area contributed by atoms with Gasteiger partial charge in [0.25, 0.3) is 5.91 Å². The quantitative estimate of drug-likeness (QED) is 0.711. The number of aromatic nitrogens is 1. The minimum Gasteiger partial charge on any atom is -0.358 e. The predicted octanol–water partition coefficient (Wildman–Crippen LogP) is 4.18. The number of rotatable bonds is 5. The van der Waals surface area contributed by atoms with Gasteiger partial charge in [0.2, 0.25) is 0 Å². The molecular formula is C21H25N3OS. The minimum atomic E-state index is 0.0426. The number of H-pyrrole nitrogens is 1. The molecule has 0 aliphatic carbocycles. The van der Waals surface area contributed by atoms with E-state index in [0.717, 1.165) is 61.2 Å². The van der Waals surface area contributed by atoms with Gasteiger partial charge in [0, 0.05) is 34.6 Å². The van der Waals surface area contributed by atoms with Gasteiger partial charge in [0.05, 0.1) is 5.56 Å². The molecule has 26 heavy (non-hydrogen) atoms. The van der Waals surface area contributed by atoms with Gasteiger partial charge in [-0.1, -0.05) is 24.3 Å². The molecule has 136 valence electrons. The van der Waals surface area contributed by atoms with E-state index in [0.29, 0.717) is 5.92 Å². The molecule has 0 unspecified atom stereocenters. The first-order valence-corrected chi connectivity index (χ1v) is 10.2. The van der Waals surface area contributed by atoms with Crippen molar-refractivity contribution in [2.24, 2.45) is 5.92 Å². The Hall–Kier alpha value is -2.11. The van der Waals surface area contributed by atoms with Crippen molar-refractivity contribution in [2.45, 2.75) is 26.3 Å². The summed E-state index contributed by atoms with van der Waals surface area (Å²) < 4.78 is 0. The lowest BCUT2D eigenvalue weighted by Gasteiger charge is -2.31. The summed E-state index contributed by atoms with van der Waals surface area (Å²) in [4.78, 5) is 20.0. The SMILES string of the molecule is Cc1[nH]c2ccccc2c1C(=O)NCC1CCN(Cc2cccs2)CC1. The molecule has 4 nitrogen and oxygen atoms in total. The van der Waals surface area contributed by atoms with Crippen LogP contribution in [-0.2, 0) is 6.54 Å². The number of thiophene rings is 1. The van der Waals surface area contributed by atoms with Crippen molar-refractivity contribution in [3.05, 3.63) is 57.9 Å². The molecule has 3 heterocycles. The van der Waals surface area contributed by atoms with E-state index in [2.05, 4.69) is 32.7 Å². The smallest absolute Gasteiger partial charge is 0.253 e. The number of likely N-dealkylation sites (tertiary alicyclic amines) is 1. The number of para-hydroxylation sites is 1. The molecule has 0 bridgehead atoms. The Balaban J connectivity index is 1.30. The van der Waals surface area contributed by atoms with Gasteiger partial charge in [0.1, 0.15) is 0 Å². The van der Waals surface area contributed by atoms with Gasteiger partial charge in [-0.15, -0.1) is 11.3 Å². The van der Waals surface area contributed by atoms with Crippen molar-refractivity contribution < 1.29 is 4.79 Å². The monoisotopic (exact) mass is 367 g/mol. The van der Waals surface area contributed by atoms with Crippen LogP contribution in [0.1, 0.15) is 33.8 Å². The van der Waals surface area contributed by atoms with Crippen molar-refractivity contribution in [3.8, 4) is 0 Å². The maximum Gasteiger partial charge on any atom is 0.253 e. The fraction of sp³-hybridized carbons (Fsp3) is 0.381. The average Bonchev–Trinajstić information content (AvgIpc) is 3.27. The third kappa shape index (κ3) is 3.69. The minimum absolute atomic E-state index is 0.0426. The highest BCUT2D eigenvalue weighted by molar-refractivity contribution is 7.09. The van der Waals surface area contributed by atoms with Gasteiger partial charge in [-0.3, -0.25) is 9.69 Å². The average molecular weight is 368 g/mol. The van der Waals surface area contributed by atoms with Crippen LogP contribution in [0.4, 0.5) is 0 Å². The summed E-state index contributed by atoms with van der Waals surface area (Å²) in [6.45, 7) is 6.03. The summed E-state index contributed by atoms with van der Waals surface area (Å²) in [5, 5.41) is 6.32. The lowest BCUT2D eigenvalue weighted by Crippen LogP contribution is -2.38. The molecule has 1 saturated heterocycles. The fourth-order valence-electron chi connectivity index (χ4n) is 3.87. The summed E-state index contributed by atoms with van der Waals surface area (Å²) in [6.07, 6.45) is 2.30. The molecule has 0 atom stereocenters. The van der Waals surface area contributed by atoms with Crippen molar-refractivity contribution in [2.75, 3.05) is 19.6 Å². The van der Waals surface area contributed by atoms with Gasteiger partial charge in [-0.25, -0.2) is 0 Å². The molecule has 2 N–H and O–H groups in total. The first kappa shape index (κ1) is 17.3. The van der Waals surface area contributed by atoms with Crippen LogP contribution < -0.4 is 5.32 Å². The van der Waals surface area contributed by atoms with Crippen molar-refractivity contribution in [1.29, 1.82) is 0 Å². The van der Waals surface area contributed by atoms with Crippen LogP contribution in [0.2, 0.25) is 0 Å². The second-order valence-corrected chi connectivity index (χ2v) is 8.21. The fourth-order valence-corrected chi connectivity index (χ4v) is 4.61. The Labute approximate surface area is 158 Å². The normalized spacial score (nSPS) is 16.2. The third-order valence-corrected chi connectivity index (χ3v) is 6.20. The van der Waals surface area contributed by atoms with Crippen LogP contribution in [0.5, 0.6) is 0 Å². The number of piperidine rings is 1. The number of aromatic amines is 1. The summed E-state index contributed by atoms with van der Waals surface area (Å²) in [5.41, 5.74) is 2.75. The maximum absolute atomic E-state index is 12.7. The van der Waals surface area contributed by atoms with E-state index < -0.39 is 0 Å². The number of nitrogens with zero attached hydrogens (tertiary/aromatic N) is 1. The van der Waals surface area contributed by atoms with Gasteiger partial charge < -0.3 is 10.3 Å². The zero-order chi connectivity index (χ0) is 17.9. The number of hydrogen-bond donors (Lipinski definition) is 2. The van der Waals surface area contributed by atoms with Crippen LogP contribution in [0.25, 0.3) is 10.9 Å². The summed E-state index contributed by atoms with van der Waals surface area (Å²) >= 11 is 1.83. The molecule has 3 aromatic rings. The second kappa shape index (κ2) is 7.64. The van der Waals surface area contributed by atoms with Gasteiger partial charge >= 0.3 is 0 Å². The zero-order valence-corrected chi connectivity index (χ0v) is 15.9. The number of benzene rings is 1.